The number of halogens is 2. The summed E-state index contributed by atoms with van der Waals surface area (Å²) in [7, 11) is 1.87. The molecule has 0 N–H and O–H groups in total. The first-order chi connectivity index (χ1) is 9.13. The van der Waals surface area contributed by atoms with Gasteiger partial charge in [0.1, 0.15) is 10.2 Å². The van der Waals surface area contributed by atoms with Crippen LogP contribution in [0.3, 0.4) is 0 Å². The van der Waals surface area contributed by atoms with Crippen LogP contribution in [-0.2, 0) is 7.05 Å². The van der Waals surface area contributed by atoms with Crippen molar-refractivity contribution in [2.24, 2.45) is 7.05 Å². The normalized spacial score (nSPS) is 11.1. The van der Waals surface area contributed by atoms with Gasteiger partial charge in [-0.05, 0) is 12.1 Å². The molecular weight excluding hydrogens is 303 g/mol. The predicted molar refractivity (Wildman–Crippen MR) is 76.9 cm³/mol. The molecule has 0 atom stereocenters. The Kier molecular flexibility index (Phi) is 3.35. The van der Waals surface area contributed by atoms with Crippen LogP contribution >= 0.6 is 35.0 Å². The fourth-order valence-electron chi connectivity index (χ4n) is 1.70. The Bertz CT molecular complexity index is 739. The molecule has 0 saturated carbocycles. The maximum atomic E-state index is 6.39. The lowest BCUT2D eigenvalue weighted by Gasteiger charge is -2.03. The average Bonchev–Trinajstić information content (AvgIpc) is 2.77. The zero-order valence-electron chi connectivity index (χ0n) is 9.84. The molecule has 7 heteroatoms. The third-order valence-electron chi connectivity index (χ3n) is 2.51. The summed E-state index contributed by atoms with van der Waals surface area (Å²) in [6, 6.07) is 3.87. The average molecular weight is 311 g/mol. The molecule has 0 fully saturated rings. The summed E-state index contributed by atoms with van der Waals surface area (Å²) in [5, 5.41) is 7.03. The number of aromatic nitrogens is 4. The minimum Gasteiger partial charge on any atom is -0.275 e. The van der Waals surface area contributed by atoms with Crippen molar-refractivity contribution in [2.75, 3.05) is 0 Å². The van der Waals surface area contributed by atoms with Gasteiger partial charge < -0.3 is 0 Å². The Morgan fingerprint density at radius 2 is 2.00 bits per heavy atom. The van der Waals surface area contributed by atoms with Crippen molar-refractivity contribution >= 4 is 45.9 Å². The lowest BCUT2D eigenvalue weighted by molar-refractivity contribution is 0.780. The number of fused-ring (bicyclic) bond motifs is 1. The van der Waals surface area contributed by atoms with Crippen LogP contribution in [0.4, 0.5) is 0 Å². The fraction of sp³-hybridized carbons (Fsp3) is 0.0833. The van der Waals surface area contributed by atoms with Gasteiger partial charge in [-0.2, -0.15) is 5.10 Å². The first-order valence-corrected chi connectivity index (χ1v) is 6.98. The molecule has 4 nitrogen and oxygen atoms in total. The van der Waals surface area contributed by atoms with Crippen LogP contribution in [0.2, 0.25) is 10.2 Å². The Hall–Kier alpha value is -1.30. The van der Waals surface area contributed by atoms with Crippen molar-refractivity contribution in [3.8, 4) is 0 Å². The van der Waals surface area contributed by atoms with E-state index in [9.17, 15) is 0 Å². The van der Waals surface area contributed by atoms with Gasteiger partial charge in [0.05, 0.1) is 22.9 Å². The van der Waals surface area contributed by atoms with Crippen LogP contribution in [0.5, 0.6) is 0 Å². The number of rotatable bonds is 2. The van der Waals surface area contributed by atoms with Gasteiger partial charge >= 0.3 is 0 Å². The predicted octanol–water partition coefficient (Wildman–Crippen LogP) is 3.82. The molecule has 3 aromatic rings. The van der Waals surface area contributed by atoms with Crippen LogP contribution in [0.15, 0.2) is 40.6 Å². The summed E-state index contributed by atoms with van der Waals surface area (Å²) in [6.45, 7) is 0. The lowest BCUT2D eigenvalue weighted by Crippen LogP contribution is -1.84. The molecule has 0 spiro atoms. The van der Waals surface area contributed by atoms with Gasteiger partial charge in [0.15, 0.2) is 0 Å². The summed E-state index contributed by atoms with van der Waals surface area (Å²) in [5.74, 6) is 0. The van der Waals surface area contributed by atoms with Gasteiger partial charge in [-0.1, -0.05) is 35.0 Å². The fourth-order valence-corrected chi connectivity index (χ4v) is 2.90. The molecule has 0 aliphatic carbocycles. The Morgan fingerprint density at radius 1 is 1.16 bits per heavy atom. The molecule has 3 rings (SSSR count). The highest BCUT2D eigenvalue weighted by Crippen LogP contribution is 2.36. The first-order valence-electron chi connectivity index (χ1n) is 5.41. The summed E-state index contributed by atoms with van der Waals surface area (Å²) < 4.78 is 1.74. The molecule has 96 valence electrons. The summed E-state index contributed by atoms with van der Waals surface area (Å²) in [5.41, 5.74) is 0.874. The second-order valence-corrected chi connectivity index (χ2v) is 5.72. The maximum absolute atomic E-state index is 6.39. The minimum atomic E-state index is 0.373. The standard InChI is InChI=1S/C12H8Cl2N4S/c1-18-6-7-8(17-18)2-3-9(12(7)14)19-11-5-15-10(13)4-16-11/h2-6H,1H3. The molecule has 2 aromatic heterocycles. The van der Waals surface area contributed by atoms with E-state index in [1.165, 1.54) is 18.0 Å². The third-order valence-corrected chi connectivity index (χ3v) is 4.21. The Morgan fingerprint density at radius 3 is 2.74 bits per heavy atom. The van der Waals surface area contributed by atoms with Gasteiger partial charge in [0.2, 0.25) is 0 Å². The van der Waals surface area contributed by atoms with E-state index in [1.807, 2.05) is 25.4 Å². The van der Waals surface area contributed by atoms with Crippen LogP contribution in [0.1, 0.15) is 0 Å². The van der Waals surface area contributed by atoms with Gasteiger partial charge in [-0.3, -0.25) is 4.68 Å². The summed E-state index contributed by atoms with van der Waals surface area (Å²) >= 11 is 13.5. The van der Waals surface area contributed by atoms with Crippen molar-refractivity contribution < 1.29 is 0 Å². The van der Waals surface area contributed by atoms with Crippen LogP contribution in [-0.4, -0.2) is 19.7 Å². The van der Waals surface area contributed by atoms with Crippen LogP contribution in [0.25, 0.3) is 10.9 Å². The van der Waals surface area contributed by atoms with E-state index < -0.39 is 0 Å². The zero-order valence-corrected chi connectivity index (χ0v) is 12.2. The molecule has 0 saturated heterocycles. The Balaban J connectivity index is 2.00. The monoisotopic (exact) mass is 310 g/mol. The Labute approximate surface area is 123 Å². The van der Waals surface area contributed by atoms with E-state index >= 15 is 0 Å². The molecule has 0 amide bonds. The van der Waals surface area contributed by atoms with E-state index in [2.05, 4.69) is 15.1 Å². The van der Waals surface area contributed by atoms with Crippen molar-refractivity contribution in [1.82, 2.24) is 19.7 Å². The number of benzene rings is 1. The van der Waals surface area contributed by atoms with Crippen molar-refractivity contribution in [2.45, 2.75) is 9.92 Å². The van der Waals surface area contributed by atoms with Crippen LogP contribution < -0.4 is 0 Å². The highest BCUT2D eigenvalue weighted by Gasteiger charge is 2.10. The minimum absolute atomic E-state index is 0.373. The number of hydrogen-bond acceptors (Lipinski definition) is 4. The van der Waals surface area contributed by atoms with Gasteiger partial charge in [-0.25, -0.2) is 9.97 Å². The number of aryl methyl sites for hydroxylation is 1. The second-order valence-electron chi connectivity index (χ2n) is 3.89. The van der Waals surface area contributed by atoms with Gasteiger partial charge in [0.25, 0.3) is 0 Å². The largest absolute Gasteiger partial charge is 0.275 e. The molecule has 0 bridgehead atoms. The third kappa shape index (κ3) is 2.54. The molecule has 19 heavy (non-hydrogen) atoms. The van der Waals surface area contributed by atoms with Gasteiger partial charge in [0, 0.05) is 23.5 Å². The van der Waals surface area contributed by atoms with Gasteiger partial charge in [-0.15, -0.1) is 0 Å². The van der Waals surface area contributed by atoms with Crippen molar-refractivity contribution in [3.63, 3.8) is 0 Å². The smallest absolute Gasteiger partial charge is 0.147 e. The molecule has 0 aliphatic heterocycles. The van der Waals surface area contributed by atoms with E-state index in [-0.39, 0.29) is 0 Å². The topological polar surface area (TPSA) is 43.6 Å². The number of hydrogen-bond donors (Lipinski definition) is 0. The second kappa shape index (κ2) is 5.00. The zero-order chi connectivity index (χ0) is 13.4. The number of nitrogens with zero attached hydrogens (tertiary/aromatic N) is 4. The molecule has 0 aliphatic rings. The SMILES string of the molecule is Cn1cc2c(Cl)c(Sc3cnc(Cl)cn3)ccc2n1. The molecule has 2 heterocycles. The molecule has 0 unspecified atom stereocenters. The van der Waals surface area contributed by atoms with Crippen molar-refractivity contribution in [1.29, 1.82) is 0 Å². The molecule has 1 aromatic carbocycles. The quantitative estimate of drug-likeness (QED) is 0.721. The van der Waals surface area contributed by atoms with E-state index in [1.54, 1.807) is 10.9 Å². The molecular formula is C12H8Cl2N4S. The lowest BCUT2D eigenvalue weighted by atomic mass is 10.2. The van der Waals surface area contributed by atoms with E-state index in [0.717, 1.165) is 20.8 Å². The summed E-state index contributed by atoms with van der Waals surface area (Å²) in [4.78, 5) is 9.10. The molecule has 0 radical (unpaired) electrons. The summed E-state index contributed by atoms with van der Waals surface area (Å²) in [6.07, 6.45) is 5.03. The van der Waals surface area contributed by atoms with E-state index in [4.69, 9.17) is 23.2 Å². The highest BCUT2D eigenvalue weighted by molar-refractivity contribution is 7.99. The maximum Gasteiger partial charge on any atom is 0.147 e. The highest BCUT2D eigenvalue weighted by atomic mass is 35.5. The first kappa shape index (κ1) is 12.7. The van der Waals surface area contributed by atoms with E-state index in [0.29, 0.717) is 10.2 Å². The van der Waals surface area contributed by atoms with Crippen molar-refractivity contribution in [3.05, 3.63) is 40.9 Å². The van der Waals surface area contributed by atoms with Crippen LogP contribution in [0, 0.1) is 0 Å².